The van der Waals surface area contributed by atoms with Gasteiger partial charge in [-0.15, -0.1) is 0 Å². The molecule has 0 aromatic rings. The molecule has 1 aliphatic heterocycles. The Morgan fingerprint density at radius 1 is 1.31 bits per heavy atom. The number of carbonyl (C=O) groups is 3. The van der Waals surface area contributed by atoms with Crippen molar-refractivity contribution in [2.24, 2.45) is 23.7 Å². The molecule has 2 aliphatic rings. The average molecular weight is 390 g/mol. The van der Waals surface area contributed by atoms with E-state index in [9.17, 15) is 22.8 Å². The minimum atomic E-state index is -3.77. The molecule has 8 nitrogen and oxygen atoms in total. The van der Waals surface area contributed by atoms with Crippen LogP contribution >= 0.6 is 0 Å². The SMILES string of the molecule is CC(=O)O[C@]1(C)CC[C@@H]2[C@H](OC(=O)[C@H]2C)[C@H](C(C)=O)[C@H]1COS(C)(=O)=O. The summed E-state index contributed by atoms with van der Waals surface area (Å²) in [6.45, 7) is 5.72. The number of rotatable bonds is 5. The number of ketones is 1. The highest BCUT2D eigenvalue weighted by Gasteiger charge is 2.57. The maximum Gasteiger partial charge on any atom is 0.309 e. The van der Waals surface area contributed by atoms with Gasteiger partial charge in [-0.1, -0.05) is 6.92 Å². The fourth-order valence-corrected chi connectivity index (χ4v) is 4.63. The van der Waals surface area contributed by atoms with Crippen LogP contribution in [0.4, 0.5) is 0 Å². The molecule has 1 heterocycles. The first-order valence-electron chi connectivity index (χ1n) is 8.60. The standard InChI is InChI=1S/C17H26O8S/c1-9-12-6-7-17(4,25-11(3)19)13(8-23-26(5,21)22)14(10(2)18)15(12)24-16(9)20/h9,12-15H,6-8H2,1-5H3/t9-,12-,13+,14+,15-,17+/m0/s1. The molecule has 26 heavy (non-hydrogen) atoms. The molecular weight excluding hydrogens is 364 g/mol. The summed E-state index contributed by atoms with van der Waals surface area (Å²) in [5.41, 5.74) is -1.11. The van der Waals surface area contributed by atoms with Crippen LogP contribution in [0.25, 0.3) is 0 Å². The number of fused-ring (bicyclic) bond motifs is 1. The summed E-state index contributed by atoms with van der Waals surface area (Å²) in [6.07, 6.45) is 1.12. The maximum atomic E-state index is 12.5. The van der Waals surface area contributed by atoms with Crippen molar-refractivity contribution in [3.05, 3.63) is 0 Å². The Hall–Kier alpha value is -1.48. The van der Waals surface area contributed by atoms with Gasteiger partial charge < -0.3 is 9.47 Å². The lowest BCUT2D eigenvalue weighted by atomic mass is 9.74. The topological polar surface area (TPSA) is 113 Å². The number of hydrogen-bond acceptors (Lipinski definition) is 8. The third-order valence-corrected chi connectivity index (χ3v) is 6.11. The fraction of sp³-hybridized carbons (Fsp3) is 0.824. The van der Waals surface area contributed by atoms with Crippen LogP contribution in [0.3, 0.4) is 0 Å². The quantitative estimate of drug-likeness (QED) is 0.506. The van der Waals surface area contributed by atoms with Crippen molar-refractivity contribution in [3.63, 3.8) is 0 Å². The molecule has 0 spiro atoms. The Morgan fingerprint density at radius 3 is 2.42 bits per heavy atom. The van der Waals surface area contributed by atoms with Crippen molar-refractivity contribution >= 4 is 27.8 Å². The van der Waals surface area contributed by atoms with Crippen LogP contribution in [0.1, 0.15) is 40.5 Å². The number of carbonyl (C=O) groups excluding carboxylic acids is 3. The molecule has 0 amide bonds. The second-order valence-electron chi connectivity index (χ2n) is 7.53. The van der Waals surface area contributed by atoms with Crippen molar-refractivity contribution < 1.29 is 36.5 Å². The van der Waals surface area contributed by atoms with Gasteiger partial charge in [-0.05, 0) is 26.7 Å². The van der Waals surface area contributed by atoms with Crippen LogP contribution in [0.5, 0.6) is 0 Å². The van der Waals surface area contributed by atoms with Crippen molar-refractivity contribution in [2.45, 2.75) is 52.2 Å². The number of Topliss-reactive ketones (excluding diaryl/α,β-unsaturated/α-hetero) is 1. The lowest BCUT2D eigenvalue weighted by Gasteiger charge is -2.39. The van der Waals surface area contributed by atoms with Crippen LogP contribution in [-0.4, -0.2) is 50.7 Å². The summed E-state index contributed by atoms with van der Waals surface area (Å²) < 4.78 is 39.0. The molecule has 0 unspecified atom stereocenters. The van der Waals surface area contributed by atoms with E-state index in [1.807, 2.05) is 0 Å². The summed E-state index contributed by atoms with van der Waals surface area (Å²) in [5, 5.41) is 0. The second-order valence-corrected chi connectivity index (χ2v) is 9.17. The molecule has 2 rings (SSSR count). The van der Waals surface area contributed by atoms with E-state index in [1.54, 1.807) is 13.8 Å². The van der Waals surface area contributed by atoms with Gasteiger partial charge in [-0.25, -0.2) is 0 Å². The summed E-state index contributed by atoms with van der Waals surface area (Å²) in [6, 6.07) is 0. The second kappa shape index (κ2) is 7.26. The third kappa shape index (κ3) is 4.25. The number of esters is 2. The normalized spacial score (nSPS) is 37.4. The molecule has 9 heteroatoms. The Balaban J connectivity index is 2.48. The predicted octanol–water partition coefficient (Wildman–Crippen LogP) is 1.08. The molecule has 148 valence electrons. The molecule has 1 saturated carbocycles. The van der Waals surface area contributed by atoms with Gasteiger partial charge in [-0.2, -0.15) is 8.42 Å². The van der Waals surface area contributed by atoms with Crippen molar-refractivity contribution in [1.82, 2.24) is 0 Å². The van der Waals surface area contributed by atoms with E-state index in [0.29, 0.717) is 12.8 Å². The van der Waals surface area contributed by atoms with Crippen molar-refractivity contribution in [3.8, 4) is 0 Å². The summed E-state index contributed by atoms with van der Waals surface area (Å²) in [5.74, 6) is -3.31. The lowest BCUT2D eigenvalue weighted by molar-refractivity contribution is -0.172. The first-order valence-corrected chi connectivity index (χ1v) is 10.4. The Bertz CT molecular complexity index is 700. The van der Waals surface area contributed by atoms with E-state index in [0.717, 1.165) is 6.26 Å². The highest BCUT2D eigenvalue weighted by atomic mass is 32.2. The molecule has 0 bridgehead atoms. The molecule has 1 saturated heterocycles. The van der Waals surface area contributed by atoms with Crippen LogP contribution in [-0.2, 0) is 38.2 Å². The fourth-order valence-electron chi connectivity index (χ4n) is 4.24. The van der Waals surface area contributed by atoms with E-state index >= 15 is 0 Å². The lowest BCUT2D eigenvalue weighted by Crippen LogP contribution is -2.49. The van der Waals surface area contributed by atoms with Crippen LogP contribution in [0.15, 0.2) is 0 Å². The molecule has 2 fully saturated rings. The first-order chi connectivity index (χ1) is 11.9. The third-order valence-electron chi connectivity index (χ3n) is 5.54. The molecule has 0 aromatic carbocycles. The van der Waals surface area contributed by atoms with Crippen molar-refractivity contribution in [1.29, 1.82) is 0 Å². The summed E-state index contributed by atoms with van der Waals surface area (Å²) >= 11 is 0. The first kappa shape index (κ1) is 20.8. The highest BCUT2D eigenvalue weighted by molar-refractivity contribution is 7.85. The van der Waals surface area contributed by atoms with E-state index in [1.165, 1.54) is 13.8 Å². The van der Waals surface area contributed by atoms with Gasteiger partial charge in [0, 0.05) is 18.8 Å². The maximum absolute atomic E-state index is 12.5. The number of ether oxygens (including phenoxy) is 2. The van der Waals surface area contributed by atoms with Crippen LogP contribution in [0, 0.1) is 23.7 Å². The summed E-state index contributed by atoms with van der Waals surface area (Å²) in [7, 11) is -3.77. The zero-order chi connectivity index (χ0) is 19.9. The monoisotopic (exact) mass is 390 g/mol. The molecular formula is C17H26O8S. The highest BCUT2D eigenvalue weighted by Crippen LogP contribution is 2.48. The Morgan fingerprint density at radius 2 is 1.92 bits per heavy atom. The molecule has 0 N–H and O–H groups in total. The number of hydrogen-bond donors (Lipinski definition) is 0. The molecule has 0 radical (unpaired) electrons. The molecule has 1 aliphatic carbocycles. The van der Waals surface area contributed by atoms with Gasteiger partial charge in [0.1, 0.15) is 17.5 Å². The van der Waals surface area contributed by atoms with Gasteiger partial charge in [-0.3, -0.25) is 18.6 Å². The van der Waals surface area contributed by atoms with Crippen LogP contribution in [0.2, 0.25) is 0 Å². The Labute approximate surface area is 153 Å². The van der Waals surface area contributed by atoms with Crippen LogP contribution < -0.4 is 0 Å². The van der Waals surface area contributed by atoms with Gasteiger partial charge in [0.15, 0.2) is 0 Å². The zero-order valence-electron chi connectivity index (χ0n) is 15.7. The summed E-state index contributed by atoms with van der Waals surface area (Å²) in [4.78, 5) is 36.2. The minimum absolute atomic E-state index is 0.200. The van der Waals surface area contributed by atoms with Gasteiger partial charge in [0.25, 0.3) is 10.1 Å². The van der Waals surface area contributed by atoms with Gasteiger partial charge in [0.05, 0.1) is 24.7 Å². The smallest absolute Gasteiger partial charge is 0.309 e. The zero-order valence-corrected chi connectivity index (χ0v) is 16.5. The Kier molecular flexibility index (Phi) is 5.82. The van der Waals surface area contributed by atoms with Gasteiger partial charge >= 0.3 is 11.9 Å². The predicted molar refractivity (Wildman–Crippen MR) is 90.4 cm³/mol. The van der Waals surface area contributed by atoms with Gasteiger partial charge in [0.2, 0.25) is 0 Å². The van der Waals surface area contributed by atoms with Crippen molar-refractivity contribution in [2.75, 3.05) is 12.9 Å². The molecule has 6 atom stereocenters. The van der Waals surface area contributed by atoms with E-state index < -0.39 is 39.6 Å². The largest absolute Gasteiger partial charge is 0.461 e. The van der Waals surface area contributed by atoms with E-state index in [4.69, 9.17) is 13.7 Å². The average Bonchev–Trinajstić information content (AvgIpc) is 2.67. The van der Waals surface area contributed by atoms with E-state index in [-0.39, 0.29) is 30.2 Å². The minimum Gasteiger partial charge on any atom is -0.461 e. The molecule has 0 aromatic heterocycles. The van der Waals surface area contributed by atoms with E-state index in [2.05, 4.69) is 0 Å².